The number of aromatic nitrogens is 8. The number of hydrogen-bond acceptors (Lipinski definition) is 14. The number of nitrogens with zero attached hydrogens (tertiary/aromatic N) is 10. The van der Waals surface area contributed by atoms with Crippen LogP contribution in [0.2, 0.25) is 5.28 Å². The Morgan fingerprint density at radius 1 is 0.701 bits per heavy atom. The second-order valence-corrected chi connectivity index (χ2v) is 17.0. The lowest BCUT2D eigenvalue weighted by Crippen LogP contribution is -2.52. The number of likely N-dealkylation sites (N-methyl/N-ethyl adjacent to an activating group) is 2. The van der Waals surface area contributed by atoms with Gasteiger partial charge in [0, 0.05) is 50.0 Å². The van der Waals surface area contributed by atoms with Gasteiger partial charge in [-0.1, -0.05) is 0 Å². The lowest BCUT2D eigenvalue weighted by Gasteiger charge is -2.40. The molecule has 2 atom stereocenters. The van der Waals surface area contributed by atoms with Crippen LogP contribution in [0.3, 0.4) is 0 Å². The Morgan fingerprint density at radius 2 is 1.18 bits per heavy atom. The van der Waals surface area contributed by atoms with Gasteiger partial charge in [0.1, 0.15) is 24.7 Å². The first-order valence-electron chi connectivity index (χ1n) is 20.9. The van der Waals surface area contributed by atoms with E-state index < -0.39 is 35.3 Å². The molecule has 6 heterocycles. The van der Waals surface area contributed by atoms with Crippen LogP contribution in [0, 0.1) is 24.7 Å². The second kappa shape index (κ2) is 17.8. The van der Waals surface area contributed by atoms with E-state index in [1.54, 1.807) is 58.0 Å². The summed E-state index contributed by atoms with van der Waals surface area (Å²) in [6.45, 7) is 3.77. The molecule has 4 aliphatic rings. The number of rotatable bonds is 8. The number of nitrogens with two attached hydrogens (primary N) is 1. The molecule has 16 nitrogen and oxygen atoms in total. The largest absolute Gasteiger partial charge is 0.494 e. The summed E-state index contributed by atoms with van der Waals surface area (Å²) in [7, 11) is 6.41. The molecule has 2 aliphatic heterocycles. The Bertz CT molecular complexity index is 2740. The number of fused-ring (bicyclic) bond motifs is 2. The number of methoxy groups -OCH3 is 2. The Hall–Kier alpha value is -6.71. The van der Waals surface area contributed by atoms with Gasteiger partial charge in [-0.3, -0.25) is 0 Å². The quantitative estimate of drug-likeness (QED) is 0.0844. The Balaban J connectivity index is 0.000000151. The van der Waals surface area contributed by atoms with Gasteiger partial charge in [-0.05, 0) is 75.4 Å². The minimum Gasteiger partial charge on any atom is -0.494 e. The predicted molar refractivity (Wildman–Crippen MR) is 237 cm³/mol. The molecule has 0 radical (unpaired) electrons. The van der Waals surface area contributed by atoms with Crippen LogP contribution >= 0.6 is 11.6 Å². The van der Waals surface area contributed by atoms with E-state index >= 15 is 0 Å². The number of imidazole rings is 2. The summed E-state index contributed by atoms with van der Waals surface area (Å²) in [6, 6.07) is 9.44. The number of anilines is 5. The van der Waals surface area contributed by atoms with Crippen molar-refractivity contribution in [1.82, 2.24) is 39.0 Å². The van der Waals surface area contributed by atoms with Crippen LogP contribution in [-0.2, 0) is 0 Å². The molecule has 0 bridgehead atoms. The van der Waals surface area contributed by atoms with E-state index in [-0.39, 0.29) is 50.1 Å². The smallest absolute Gasteiger partial charge is 0.396 e. The Labute approximate surface area is 386 Å². The molecule has 4 aromatic heterocycles. The first-order valence-corrected chi connectivity index (χ1v) is 21.3. The molecular formula is C44H47ClF6N12O4. The summed E-state index contributed by atoms with van der Waals surface area (Å²) in [5.74, 6) is 2.96. The van der Waals surface area contributed by atoms with Gasteiger partial charge in [-0.25, -0.2) is 19.9 Å². The van der Waals surface area contributed by atoms with Crippen molar-refractivity contribution < 1.29 is 45.3 Å². The fourth-order valence-electron chi connectivity index (χ4n) is 8.38. The maximum Gasteiger partial charge on any atom is 0.396 e. The van der Waals surface area contributed by atoms with E-state index in [2.05, 4.69) is 35.2 Å². The third-order valence-corrected chi connectivity index (χ3v) is 12.6. The normalized spacial score (nSPS) is 18.6. The Morgan fingerprint density at radius 3 is 1.64 bits per heavy atom. The number of nitrogens with one attached hydrogen (secondary N) is 1. The minimum atomic E-state index is -4.28. The zero-order valence-electron chi connectivity index (χ0n) is 37.2. The predicted octanol–water partition coefficient (Wildman–Crippen LogP) is 8.70. The van der Waals surface area contributed by atoms with Crippen molar-refractivity contribution in [1.29, 1.82) is 0 Å². The van der Waals surface area contributed by atoms with E-state index in [4.69, 9.17) is 36.3 Å². The van der Waals surface area contributed by atoms with Crippen molar-refractivity contribution in [2.45, 2.75) is 64.0 Å². The van der Waals surface area contributed by atoms with Crippen LogP contribution in [-0.4, -0.2) is 105 Å². The van der Waals surface area contributed by atoms with Crippen molar-refractivity contribution >= 4 is 40.6 Å². The molecule has 0 amide bonds. The Kier molecular flexibility index (Phi) is 12.5. The van der Waals surface area contributed by atoms with Crippen LogP contribution in [0.5, 0.6) is 23.0 Å². The van der Waals surface area contributed by atoms with Gasteiger partial charge in [0.25, 0.3) is 0 Å². The van der Waals surface area contributed by atoms with Crippen molar-refractivity contribution in [2.75, 3.05) is 62.4 Å². The van der Waals surface area contributed by atoms with E-state index in [1.807, 2.05) is 59.6 Å². The van der Waals surface area contributed by atoms with E-state index in [9.17, 15) is 26.3 Å². The van der Waals surface area contributed by atoms with Crippen LogP contribution in [0.25, 0.3) is 11.4 Å². The summed E-state index contributed by atoms with van der Waals surface area (Å²) in [5, 5.41) is 3.09. The molecule has 10 rings (SSSR count). The van der Waals surface area contributed by atoms with Gasteiger partial charge in [0.2, 0.25) is 11.2 Å². The molecular weight excluding hydrogens is 910 g/mol. The zero-order chi connectivity index (χ0) is 48.1. The highest BCUT2D eigenvalue weighted by Crippen LogP contribution is 2.63. The van der Waals surface area contributed by atoms with Crippen molar-refractivity contribution in [2.24, 2.45) is 10.8 Å². The van der Waals surface area contributed by atoms with Gasteiger partial charge in [0.05, 0.1) is 84.9 Å². The number of ether oxygens (including phenoxy) is 4. The fraction of sp³-hybridized carbons (Fsp3) is 0.409. The lowest BCUT2D eigenvalue weighted by molar-refractivity contribution is -0.196. The fourth-order valence-corrected chi connectivity index (χ4v) is 8.51. The molecule has 2 fully saturated rings. The highest BCUT2D eigenvalue weighted by Gasteiger charge is 2.70. The number of benzene rings is 2. The highest BCUT2D eigenvalue weighted by molar-refractivity contribution is 6.28. The summed E-state index contributed by atoms with van der Waals surface area (Å²) >= 11 is 5.68. The molecule has 23 heteroatoms. The van der Waals surface area contributed by atoms with Gasteiger partial charge in [-0.2, -0.15) is 36.3 Å². The zero-order valence-corrected chi connectivity index (χ0v) is 37.9. The van der Waals surface area contributed by atoms with Crippen LogP contribution < -0.4 is 39.8 Å². The second-order valence-electron chi connectivity index (χ2n) is 16.7. The van der Waals surface area contributed by atoms with Gasteiger partial charge in [0.15, 0.2) is 23.1 Å². The molecule has 2 saturated carbocycles. The van der Waals surface area contributed by atoms with Crippen LogP contribution in [0.15, 0.2) is 73.8 Å². The monoisotopic (exact) mass is 956 g/mol. The molecule has 2 aliphatic carbocycles. The van der Waals surface area contributed by atoms with Crippen molar-refractivity contribution in [3.63, 3.8) is 0 Å². The lowest BCUT2D eigenvalue weighted by atomic mass is 9.94. The molecule has 2 unspecified atom stereocenters. The van der Waals surface area contributed by atoms with E-state index in [0.29, 0.717) is 40.3 Å². The number of alkyl halides is 6. The molecule has 2 aromatic carbocycles. The van der Waals surface area contributed by atoms with Crippen LogP contribution in [0.4, 0.5) is 55.3 Å². The minimum absolute atomic E-state index is 0.00768. The molecule has 0 saturated heterocycles. The number of nitrogen functional groups attached to an aromatic ring is 1. The molecule has 0 spiro atoms. The third kappa shape index (κ3) is 9.22. The van der Waals surface area contributed by atoms with Crippen molar-refractivity contribution in [3.05, 3.63) is 90.5 Å². The molecule has 6 aromatic rings. The average Bonchev–Trinajstić information content (AvgIpc) is 4.20. The van der Waals surface area contributed by atoms with Crippen LogP contribution in [0.1, 0.15) is 37.1 Å². The number of halogens is 7. The first-order chi connectivity index (χ1) is 31.8. The summed E-state index contributed by atoms with van der Waals surface area (Å²) in [4.78, 5) is 27.9. The maximum absolute atomic E-state index is 13.7. The number of hydrogen-bond donors (Lipinski definition) is 2. The summed E-state index contributed by atoms with van der Waals surface area (Å²) in [5.41, 5.74) is 7.20. The third-order valence-electron chi connectivity index (χ3n) is 12.4. The summed E-state index contributed by atoms with van der Waals surface area (Å²) < 4.78 is 106. The molecule has 356 valence electrons. The molecule has 67 heavy (non-hydrogen) atoms. The average molecular weight is 957 g/mol. The number of aryl methyl sites for hydroxylation is 2. The standard InChI is InChI=1S/C22H23F3N6O2.C11H11ClF3N3O.C11H13N3O/c1-13-10-31(12-27-13)15-5-4-14(8-16(15)32-3)28-20-26-9-17-19(29-20)30(2)18(11-33-17)21(6-7-21)22(23,24)25;1-18-7(10(2-3-10)11(13,14)15)5-19-6-4-16-9(12)17-8(6)18;1-8-6-14(7-13-8)10-4-3-9(12)5-11(10)15-2/h4-5,8-10,12,18H,6-7,11H2,1-3H3,(H,26,28,29);4,7H,2-3,5H2,1H3;3-7H,12H2,1-2H3. The maximum atomic E-state index is 13.7. The molecule has 3 N–H and O–H groups in total. The van der Waals surface area contributed by atoms with E-state index in [1.165, 1.54) is 17.3 Å². The van der Waals surface area contributed by atoms with Gasteiger partial charge >= 0.3 is 12.4 Å². The van der Waals surface area contributed by atoms with Gasteiger partial charge in [-0.15, -0.1) is 0 Å². The summed E-state index contributed by atoms with van der Waals surface area (Å²) in [6.07, 6.45) is 2.07. The first kappa shape index (κ1) is 46.8. The highest BCUT2D eigenvalue weighted by atomic mass is 35.5. The van der Waals surface area contributed by atoms with E-state index in [0.717, 1.165) is 28.5 Å². The SMILES string of the molecule is CN1c2nc(Cl)ncc2OCC1C1(C(F)(F)F)CC1.COc1cc(N)ccc1-n1cnc(C)c1.COc1cc(Nc2ncc3c(n2)N(C)C(C2(C(F)(F)F)CC2)CO3)ccc1-n1cnc(C)c1. The van der Waals surface area contributed by atoms with Crippen molar-refractivity contribution in [3.8, 4) is 34.4 Å². The van der Waals surface area contributed by atoms with Gasteiger partial charge < -0.3 is 48.9 Å². The topological polar surface area (TPSA) is 169 Å².